The van der Waals surface area contributed by atoms with E-state index in [9.17, 15) is 9.90 Å². The Balaban J connectivity index is 1.53. The van der Waals surface area contributed by atoms with E-state index in [4.69, 9.17) is 17.3 Å². The van der Waals surface area contributed by atoms with Gasteiger partial charge in [0.1, 0.15) is 5.69 Å². The fraction of sp³-hybridized carbons (Fsp3) is 0.294. The summed E-state index contributed by atoms with van der Waals surface area (Å²) in [4.78, 5) is 14.9. The molecule has 0 saturated carbocycles. The summed E-state index contributed by atoms with van der Waals surface area (Å²) in [6.07, 6.45) is 6.05. The summed E-state index contributed by atoms with van der Waals surface area (Å²) in [5, 5.41) is 12.0. The number of nitrogens with two attached hydrogens (primary N) is 1. The Kier molecular flexibility index (Phi) is 4.87. The molecule has 24 heavy (non-hydrogen) atoms. The average Bonchev–Trinajstić information content (AvgIpc) is 3.15. The molecule has 0 aliphatic carbocycles. The molecular formula is C17H19ClN4O2. The zero-order valence-corrected chi connectivity index (χ0v) is 13.9. The number of aliphatic hydroxyl groups is 1. The van der Waals surface area contributed by atoms with Crippen LogP contribution in [0.3, 0.4) is 0 Å². The molecule has 2 heterocycles. The van der Waals surface area contributed by atoms with E-state index in [-0.39, 0.29) is 5.69 Å². The lowest BCUT2D eigenvalue weighted by atomic mass is 10.2. The van der Waals surface area contributed by atoms with Crippen LogP contribution >= 0.6 is 11.6 Å². The molecule has 6 nitrogen and oxygen atoms in total. The van der Waals surface area contributed by atoms with Crippen LogP contribution in [0.1, 0.15) is 23.3 Å². The zero-order chi connectivity index (χ0) is 17.1. The van der Waals surface area contributed by atoms with Crippen molar-refractivity contribution in [3.05, 3.63) is 53.7 Å². The van der Waals surface area contributed by atoms with Gasteiger partial charge in [0.05, 0.1) is 12.4 Å². The molecule has 3 rings (SSSR count). The Morgan fingerprint density at radius 3 is 2.96 bits per heavy atom. The monoisotopic (exact) mass is 346 g/mol. The van der Waals surface area contributed by atoms with E-state index in [1.165, 1.54) is 6.33 Å². The number of carbonyl (C=O) groups is 1. The number of aromatic nitrogens is 3. The summed E-state index contributed by atoms with van der Waals surface area (Å²) < 4.78 is 3.81. The number of primary amides is 1. The Morgan fingerprint density at radius 2 is 2.21 bits per heavy atom. The summed E-state index contributed by atoms with van der Waals surface area (Å²) in [6, 6.07) is 7.88. The number of hydrogen-bond acceptors (Lipinski definition) is 3. The van der Waals surface area contributed by atoms with Gasteiger partial charge in [0.25, 0.3) is 5.91 Å². The third-order valence-electron chi connectivity index (χ3n) is 3.98. The number of amides is 1. The summed E-state index contributed by atoms with van der Waals surface area (Å²) in [5.41, 5.74) is 6.46. The van der Waals surface area contributed by atoms with Gasteiger partial charge in [-0.3, -0.25) is 4.79 Å². The Hall–Kier alpha value is -2.31. The number of imidazole rings is 1. The number of hydrogen-bond donors (Lipinski definition) is 2. The van der Waals surface area contributed by atoms with Crippen LogP contribution in [-0.2, 0) is 13.1 Å². The van der Waals surface area contributed by atoms with E-state index in [2.05, 4.69) is 15.6 Å². The van der Waals surface area contributed by atoms with Crippen molar-refractivity contribution >= 4 is 28.4 Å². The minimum Gasteiger partial charge on any atom is -0.391 e. The largest absolute Gasteiger partial charge is 0.391 e. The molecule has 1 unspecified atom stereocenters. The molecule has 0 aliphatic rings. The zero-order valence-electron chi connectivity index (χ0n) is 13.1. The van der Waals surface area contributed by atoms with Crippen LogP contribution in [0.5, 0.6) is 0 Å². The number of benzene rings is 1. The van der Waals surface area contributed by atoms with Crippen LogP contribution < -0.4 is 5.73 Å². The molecular weight excluding hydrogens is 328 g/mol. The van der Waals surface area contributed by atoms with E-state index in [0.717, 1.165) is 23.9 Å². The van der Waals surface area contributed by atoms with Crippen LogP contribution in [0.4, 0.5) is 0 Å². The average molecular weight is 347 g/mol. The fourth-order valence-corrected chi connectivity index (χ4v) is 2.94. The quantitative estimate of drug-likeness (QED) is 0.689. The molecule has 0 saturated heterocycles. The smallest absolute Gasteiger partial charge is 0.268 e. The van der Waals surface area contributed by atoms with Gasteiger partial charge >= 0.3 is 0 Å². The van der Waals surface area contributed by atoms with E-state index >= 15 is 0 Å². The van der Waals surface area contributed by atoms with Crippen LogP contribution in [0, 0.1) is 0 Å². The highest BCUT2D eigenvalue weighted by atomic mass is 35.5. The van der Waals surface area contributed by atoms with Gasteiger partial charge in [-0.25, -0.2) is 4.98 Å². The first-order valence-corrected chi connectivity index (χ1v) is 8.15. The van der Waals surface area contributed by atoms with E-state index < -0.39 is 12.0 Å². The minimum atomic E-state index is -0.568. The van der Waals surface area contributed by atoms with E-state index in [1.807, 2.05) is 24.4 Å². The maximum atomic E-state index is 11.0. The molecule has 0 spiro atoms. The molecule has 0 fully saturated rings. The van der Waals surface area contributed by atoms with Crippen molar-refractivity contribution < 1.29 is 9.90 Å². The number of fused-ring (bicyclic) bond motifs is 1. The van der Waals surface area contributed by atoms with Crippen molar-refractivity contribution in [2.24, 2.45) is 5.73 Å². The summed E-state index contributed by atoms with van der Waals surface area (Å²) in [5.74, 6) is -0.568. The number of halogens is 1. The molecule has 7 heteroatoms. The predicted octanol–water partition coefficient (Wildman–Crippen LogP) is 2.43. The summed E-state index contributed by atoms with van der Waals surface area (Å²) >= 11 is 6.05. The van der Waals surface area contributed by atoms with Gasteiger partial charge in [-0.05, 0) is 36.4 Å². The summed E-state index contributed by atoms with van der Waals surface area (Å²) in [7, 11) is 0. The lowest BCUT2D eigenvalue weighted by Gasteiger charge is -2.12. The molecule has 0 radical (unpaired) electrons. The van der Waals surface area contributed by atoms with Crippen molar-refractivity contribution in [3.63, 3.8) is 0 Å². The van der Waals surface area contributed by atoms with Crippen LogP contribution in [0.2, 0.25) is 5.02 Å². The highest BCUT2D eigenvalue weighted by molar-refractivity contribution is 6.31. The molecule has 0 aliphatic heterocycles. The third-order valence-corrected chi connectivity index (χ3v) is 4.21. The maximum absolute atomic E-state index is 11.0. The first-order chi connectivity index (χ1) is 11.5. The second-order valence-electron chi connectivity index (χ2n) is 5.83. The SMILES string of the molecule is NC(=O)c1cn(CC(O)CCCn2ccc3ccc(Cl)cc32)cn1. The van der Waals surface area contributed by atoms with Gasteiger partial charge in [0.15, 0.2) is 0 Å². The van der Waals surface area contributed by atoms with E-state index in [0.29, 0.717) is 18.0 Å². The van der Waals surface area contributed by atoms with Crippen LogP contribution in [0.15, 0.2) is 43.0 Å². The van der Waals surface area contributed by atoms with Gasteiger partial charge in [0.2, 0.25) is 0 Å². The van der Waals surface area contributed by atoms with Crippen molar-refractivity contribution in [3.8, 4) is 0 Å². The van der Waals surface area contributed by atoms with Crippen molar-refractivity contribution in [2.75, 3.05) is 0 Å². The molecule has 1 amide bonds. The molecule has 1 atom stereocenters. The van der Waals surface area contributed by atoms with E-state index in [1.54, 1.807) is 10.8 Å². The minimum absolute atomic E-state index is 0.206. The van der Waals surface area contributed by atoms with Crippen molar-refractivity contribution in [1.82, 2.24) is 14.1 Å². The number of carbonyl (C=O) groups excluding carboxylic acids is 1. The normalized spacial score (nSPS) is 12.6. The predicted molar refractivity (Wildman–Crippen MR) is 92.9 cm³/mol. The highest BCUT2D eigenvalue weighted by Crippen LogP contribution is 2.21. The number of rotatable bonds is 7. The van der Waals surface area contributed by atoms with Crippen LogP contribution in [-0.4, -0.2) is 31.2 Å². The van der Waals surface area contributed by atoms with Gasteiger partial charge in [-0.15, -0.1) is 0 Å². The second-order valence-corrected chi connectivity index (χ2v) is 6.26. The number of aryl methyl sites for hydroxylation is 1. The highest BCUT2D eigenvalue weighted by Gasteiger charge is 2.09. The standard InChI is InChI=1S/C17H19ClN4O2/c18-13-4-3-12-5-7-22(16(12)8-13)6-1-2-14(23)9-21-10-15(17(19)24)20-11-21/h3-5,7-8,10-11,14,23H,1-2,6,9H2,(H2,19,24). The summed E-state index contributed by atoms with van der Waals surface area (Å²) in [6.45, 7) is 1.19. The van der Waals surface area contributed by atoms with Gasteiger partial charge in [-0.2, -0.15) is 0 Å². The van der Waals surface area contributed by atoms with Gasteiger partial charge in [-0.1, -0.05) is 17.7 Å². The molecule has 1 aromatic carbocycles. The molecule has 3 aromatic rings. The maximum Gasteiger partial charge on any atom is 0.268 e. The molecule has 2 aromatic heterocycles. The van der Waals surface area contributed by atoms with Gasteiger partial charge in [0, 0.05) is 36.0 Å². The van der Waals surface area contributed by atoms with Gasteiger partial charge < -0.3 is 20.0 Å². The fourth-order valence-electron chi connectivity index (χ4n) is 2.77. The number of aliphatic hydroxyl groups excluding tert-OH is 1. The van der Waals surface area contributed by atoms with Crippen LogP contribution in [0.25, 0.3) is 10.9 Å². The third kappa shape index (κ3) is 3.77. The Labute approximate surface area is 144 Å². The molecule has 3 N–H and O–H groups in total. The topological polar surface area (TPSA) is 86.1 Å². The van der Waals surface area contributed by atoms with Crippen molar-refractivity contribution in [2.45, 2.75) is 32.0 Å². The molecule has 126 valence electrons. The second kappa shape index (κ2) is 7.07. The first-order valence-electron chi connectivity index (χ1n) is 7.77. The Bertz CT molecular complexity index is 855. The molecule has 0 bridgehead atoms. The Morgan fingerprint density at radius 1 is 1.38 bits per heavy atom. The first kappa shape index (κ1) is 16.5. The number of nitrogens with zero attached hydrogens (tertiary/aromatic N) is 3. The lowest BCUT2D eigenvalue weighted by Crippen LogP contribution is -2.16. The van der Waals surface area contributed by atoms with Crippen molar-refractivity contribution in [1.29, 1.82) is 0 Å². The lowest BCUT2D eigenvalue weighted by molar-refractivity contribution is 0.0995.